The molecular formula is C21H28N4OS. The number of hydrogen-bond donors (Lipinski definition) is 1. The quantitative estimate of drug-likeness (QED) is 0.740. The van der Waals surface area contributed by atoms with E-state index in [1.165, 1.54) is 43.0 Å². The molecule has 1 N–H and O–H groups in total. The molecule has 0 unspecified atom stereocenters. The van der Waals surface area contributed by atoms with E-state index in [0.29, 0.717) is 11.7 Å². The Morgan fingerprint density at radius 3 is 2.78 bits per heavy atom. The van der Waals surface area contributed by atoms with Crippen molar-refractivity contribution in [3.63, 3.8) is 0 Å². The normalized spacial score (nSPS) is 24.9. The minimum absolute atomic E-state index is 0.0992. The third-order valence-corrected chi connectivity index (χ3v) is 7.21. The van der Waals surface area contributed by atoms with Crippen LogP contribution in [0, 0.1) is 24.7 Å². The van der Waals surface area contributed by atoms with Gasteiger partial charge in [0.1, 0.15) is 5.82 Å². The van der Waals surface area contributed by atoms with Gasteiger partial charge in [0.25, 0.3) is 0 Å². The SMILES string of the molecule is Cc1nnc(SCC(=O)N[C@H](C)[C@@H]2C[C@H]3CC[C@H]2C3)n1Cc1ccccc1. The van der Waals surface area contributed by atoms with E-state index in [4.69, 9.17) is 0 Å². The fraction of sp³-hybridized carbons (Fsp3) is 0.571. The molecule has 1 heterocycles. The Morgan fingerprint density at radius 2 is 2.07 bits per heavy atom. The van der Waals surface area contributed by atoms with Crippen molar-refractivity contribution in [3.05, 3.63) is 41.7 Å². The molecule has 2 aliphatic rings. The molecule has 2 bridgehead atoms. The summed E-state index contributed by atoms with van der Waals surface area (Å²) in [6.07, 6.45) is 5.42. The standard InChI is InChI=1S/C21H28N4OS/c1-14(19-11-17-8-9-18(19)10-17)22-20(26)13-27-21-24-23-15(2)25(21)12-16-6-4-3-5-7-16/h3-7,14,17-19H,8-13H2,1-2H3,(H,22,26)/t14-,17+,18+,19+/m1/s1. The van der Waals surface area contributed by atoms with Gasteiger partial charge in [0.15, 0.2) is 5.16 Å². The van der Waals surface area contributed by atoms with Crippen molar-refractivity contribution < 1.29 is 4.79 Å². The molecule has 27 heavy (non-hydrogen) atoms. The van der Waals surface area contributed by atoms with Gasteiger partial charge in [-0.15, -0.1) is 10.2 Å². The van der Waals surface area contributed by atoms with Gasteiger partial charge in [-0.05, 0) is 56.4 Å². The molecule has 0 saturated heterocycles. The summed E-state index contributed by atoms with van der Waals surface area (Å²) in [5, 5.41) is 12.5. The van der Waals surface area contributed by atoms with Crippen LogP contribution in [0.5, 0.6) is 0 Å². The van der Waals surface area contributed by atoms with Gasteiger partial charge < -0.3 is 9.88 Å². The van der Waals surface area contributed by atoms with Gasteiger partial charge in [-0.25, -0.2) is 0 Å². The smallest absolute Gasteiger partial charge is 0.230 e. The second-order valence-electron chi connectivity index (χ2n) is 8.09. The Kier molecular flexibility index (Phi) is 5.53. The van der Waals surface area contributed by atoms with Gasteiger partial charge in [0.05, 0.1) is 12.3 Å². The summed E-state index contributed by atoms with van der Waals surface area (Å²) in [6.45, 7) is 4.86. The largest absolute Gasteiger partial charge is 0.353 e. The van der Waals surface area contributed by atoms with Crippen molar-refractivity contribution >= 4 is 17.7 Å². The highest BCUT2D eigenvalue weighted by atomic mass is 32.2. The maximum Gasteiger partial charge on any atom is 0.230 e. The van der Waals surface area contributed by atoms with Crippen LogP contribution in [-0.4, -0.2) is 32.5 Å². The first-order valence-corrected chi connectivity index (χ1v) is 10.9. The number of nitrogens with one attached hydrogen (secondary N) is 1. The van der Waals surface area contributed by atoms with Crippen LogP contribution >= 0.6 is 11.8 Å². The Labute approximate surface area is 165 Å². The zero-order valence-electron chi connectivity index (χ0n) is 16.1. The number of fused-ring (bicyclic) bond motifs is 2. The number of amides is 1. The number of rotatable bonds is 7. The second-order valence-corrected chi connectivity index (χ2v) is 9.03. The Hall–Kier alpha value is -1.82. The number of thioether (sulfide) groups is 1. The zero-order valence-corrected chi connectivity index (χ0v) is 16.9. The van der Waals surface area contributed by atoms with E-state index in [0.717, 1.165) is 29.4 Å². The summed E-state index contributed by atoms with van der Waals surface area (Å²) >= 11 is 1.47. The van der Waals surface area contributed by atoms with E-state index >= 15 is 0 Å². The van der Waals surface area contributed by atoms with E-state index in [1.54, 1.807) is 0 Å². The highest BCUT2D eigenvalue weighted by Gasteiger charge is 2.42. The van der Waals surface area contributed by atoms with E-state index < -0.39 is 0 Å². The molecule has 6 heteroatoms. The summed E-state index contributed by atoms with van der Waals surface area (Å²) in [6, 6.07) is 10.5. The van der Waals surface area contributed by atoms with E-state index in [2.05, 4.69) is 39.1 Å². The lowest BCUT2D eigenvalue weighted by molar-refractivity contribution is -0.119. The third kappa shape index (κ3) is 4.21. The van der Waals surface area contributed by atoms with Crippen molar-refractivity contribution in [3.8, 4) is 0 Å². The Morgan fingerprint density at radius 1 is 1.26 bits per heavy atom. The third-order valence-electron chi connectivity index (χ3n) is 6.24. The van der Waals surface area contributed by atoms with Gasteiger partial charge in [0.2, 0.25) is 5.91 Å². The van der Waals surface area contributed by atoms with Crippen LogP contribution in [0.15, 0.2) is 35.5 Å². The van der Waals surface area contributed by atoms with E-state index in [9.17, 15) is 4.79 Å². The predicted molar refractivity (Wildman–Crippen MR) is 108 cm³/mol. The maximum absolute atomic E-state index is 12.5. The molecule has 4 rings (SSSR count). The molecule has 1 amide bonds. The summed E-state index contributed by atoms with van der Waals surface area (Å²) < 4.78 is 2.08. The lowest BCUT2D eigenvalue weighted by Crippen LogP contribution is -2.40. The average molecular weight is 385 g/mol. The minimum atomic E-state index is 0.0992. The maximum atomic E-state index is 12.5. The number of nitrogens with zero attached hydrogens (tertiary/aromatic N) is 3. The summed E-state index contributed by atoms with van der Waals surface area (Å²) in [5.74, 6) is 3.77. The number of benzene rings is 1. The highest BCUT2D eigenvalue weighted by Crippen LogP contribution is 2.49. The van der Waals surface area contributed by atoms with Crippen LogP contribution in [0.1, 0.15) is 44.0 Å². The number of carbonyl (C=O) groups excluding carboxylic acids is 1. The molecule has 5 nitrogen and oxygen atoms in total. The van der Waals surface area contributed by atoms with Crippen LogP contribution in [0.2, 0.25) is 0 Å². The number of aromatic nitrogens is 3. The number of hydrogen-bond acceptors (Lipinski definition) is 4. The molecule has 0 radical (unpaired) electrons. The van der Waals surface area contributed by atoms with Crippen LogP contribution in [-0.2, 0) is 11.3 Å². The second kappa shape index (κ2) is 8.05. The molecule has 1 aromatic heterocycles. The molecule has 2 aliphatic carbocycles. The molecule has 2 saturated carbocycles. The lowest BCUT2D eigenvalue weighted by Gasteiger charge is -2.28. The summed E-state index contributed by atoms with van der Waals surface area (Å²) in [7, 11) is 0. The first-order chi connectivity index (χ1) is 13.1. The molecule has 144 valence electrons. The fourth-order valence-corrected chi connectivity index (χ4v) is 5.65. The van der Waals surface area contributed by atoms with Gasteiger partial charge in [0, 0.05) is 6.04 Å². The fourth-order valence-electron chi connectivity index (χ4n) is 4.86. The molecular weight excluding hydrogens is 356 g/mol. The van der Waals surface area contributed by atoms with Crippen molar-refractivity contribution in [1.29, 1.82) is 0 Å². The van der Waals surface area contributed by atoms with Crippen molar-refractivity contribution in [2.24, 2.45) is 17.8 Å². The van der Waals surface area contributed by atoms with Gasteiger partial charge >= 0.3 is 0 Å². The minimum Gasteiger partial charge on any atom is -0.353 e. The van der Waals surface area contributed by atoms with Crippen LogP contribution in [0.4, 0.5) is 0 Å². The van der Waals surface area contributed by atoms with Crippen molar-refractivity contribution in [2.45, 2.75) is 57.3 Å². The highest BCUT2D eigenvalue weighted by molar-refractivity contribution is 7.99. The van der Waals surface area contributed by atoms with Crippen molar-refractivity contribution in [1.82, 2.24) is 20.1 Å². The molecule has 2 fully saturated rings. The predicted octanol–water partition coefficient (Wildman–Crippen LogP) is 3.67. The van der Waals surface area contributed by atoms with E-state index in [-0.39, 0.29) is 11.9 Å². The average Bonchev–Trinajstić information content (AvgIpc) is 3.38. The van der Waals surface area contributed by atoms with Crippen LogP contribution in [0.3, 0.4) is 0 Å². The monoisotopic (exact) mass is 384 g/mol. The Balaban J connectivity index is 1.31. The topological polar surface area (TPSA) is 59.8 Å². The lowest BCUT2D eigenvalue weighted by atomic mass is 9.84. The van der Waals surface area contributed by atoms with Crippen LogP contribution < -0.4 is 5.32 Å². The summed E-state index contributed by atoms with van der Waals surface area (Å²) in [5.41, 5.74) is 1.21. The number of carbonyl (C=O) groups is 1. The molecule has 2 aromatic rings. The molecule has 1 aromatic carbocycles. The van der Waals surface area contributed by atoms with E-state index in [1.807, 2.05) is 25.1 Å². The first-order valence-electron chi connectivity index (χ1n) is 9.96. The van der Waals surface area contributed by atoms with Gasteiger partial charge in [-0.1, -0.05) is 48.5 Å². The van der Waals surface area contributed by atoms with Crippen molar-refractivity contribution in [2.75, 3.05) is 5.75 Å². The van der Waals surface area contributed by atoms with Crippen LogP contribution in [0.25, 0.3) is 0 Å². The Bertz CT molecular complexity index is 791. The molecule has 0 aliphatic heterocycles. The summed E-state index contributed by atoms with van der Waals surface area (Å²) in [4.78, 5) is 12.5. The van der Waals surface area contributed by atoms with Gasteiger partial charge in [-0.3, -0.25) is 4.79 Å². The molecule has 4 atom stereocenters. The first kappa shape index (κ1) is 18.5. The molecule has 0 spiro atoms. The number of aryl methyl sites for hydroxylation is 1. The van der Waals surface area contributed by atoms with Gasteiger partial charge in [-0.2, -0.15) is 0 Å². The zero-order chi connectivity index (χ0) is 18.8.